The normalized spacial score (nSPS) is 30.0. The molecule has 29 heavy (non-hydrogen) atoms. The van der Waals surface area contributed by atoms with E-state index in [1.165, 1.54) is 5.56 Å². The van der Waals surface area contributed by atoms with Gasteiger partial charge in [-0.2, -0.15) is 0 Å². The van der Waals surface area contributed by atoms with E-state index in [-0.39, 0.29) is 0 Å². The van der Waals surface area contributed by atoms with Gasteiger partial charge in [0.2, 0.25) is 0 Å². The summed E-state index contributed by atoms with van der Waals surface area (Å²) < 4.78 is 0. The average Bonchev–Trinajstić information content (AvgIpc) is 2.69. The van der Waals surface area contributed by atoms with Crippen LogP contribution in [0.3, 0.4) is 0 Å². The van der Waals surface area contributed by atoms with Crippen LogP contribution >= 0.6 is 11.6 Å². The Morgan fingerprint density at radius 1 is 0.862 bits per heavy atom. The Kier molecular flexibility index (Phi) is 6.99. The summed E-state index contributed by atoms with van der Waals surface area (Å²) in [4.78, 5) is 0. The lowest BCUT2D eigenvalue weighted by atomic mass is 9.70. The molecule has 0 amide bonds. The van der Waals surface area contributed by atoms with Gasteiger partial charge in [0.25, 0.3) is 0 Å². The molecule has 0 heterocycles. The maximum Gasteiger partial charge on any atom is 0.107 e. The summed E-state index contributed by atoms with van der Waals surface area (Å²) in [7, 11) is 0. The van der Waals surface area contributed by atoms with Gasteiger partial charge in [-0.1, -0.05) is 61.8 Å². The van der Waals surface area contributed by atoms with Gasteiger partial charge in [0.1, 0.15) is 6.10 Å². The van der Waals surface area contributed by atoms with Crippen LogP contribution in [0.25, 0.3) is 0 Å². The first-order valence-corrected chi connectivity index (χ1v) is 10.3. The molecular formula is C23H29ClO5. The van der Waals surface area contributed by atoms with Gasteiger partial charge in [0.05, 0.1) is 24.9 Å². The first-order valence-electron chi connectivity index (χ1n) is 9.94. The molecule has 0 aromatic heterocycles. The van der Waals surface area contributed by atoms with Crippen molar-refractivity contribution in [3.63, 3.8) is 0 Å². The molecule has 3 rings (SSSR count). The highest BCUT2D eigenvalue weighted by atomic mass is 35.5. The SMILES string of the molecule is CC(C)c1ccc(Cc2cc([C@H]3[C@H](O)[C@@H](O)[C@H](O)[C@@H](CO)[C@@H]3O)ccc2Cl)cc1. The molecular weight excluding hydrogens is 392 g/mol. The Bertz CT molecular complexity index is 823. The lowest BCUT2D eigenvalue weighted by Crippen LogP contribution is -2.58. The van der Waals surface area contributed by atoms with Crippen LogP contribution in [0.4, 0.5) is 0 Å². The molecule has 0 bridgehead atoms. The summed E-state index contributed by atoms with van der Waals surface area (Å²) in [5.74, 6) is -1.34. The highest BCUT2D eigenvalue weighted by molar-refractivity contribution is 6.31. The third-order valence-corrected chi connectivity index (χ3v) is 6.39. The minimum absolute atomic E-state index is 0.450. The molecule has 5 N–H and O–H groups in total. The zero-order valence-electron chi connectivity index (χ0n) is 16.6. The van der Waals surface area contributed by atoms with Gasteiger partial charge in [-0.3, -0.25) is 0 Å². The van der Waals surface area contributed by atoms with E-state index in [1.54, 1.807) is 12.1 Å². The van der Waals surface area contributed by atoms with Crippen LogP contribution in [-0.4, -0.2) is 56.6 Å². The van der Waals surface area contributed by atoms with E-state index in [1.807, 2.05) is 6.07 Å². The van der Waals surface area contributed by atoms with Gasteiger partial charge in [-0.05, 0) is 40.7 Å². The average molecular weight is 421 g/mol. The lowest BCUT2D eigenvalue weighted by molar-refractivity contribution is -0.169. The van der Waals surface area contributed by atoms with Crippen LogP contribution in [0.15, 0.2) is 42.5 Å². The van der Waals surface area contributed by atoms with Crippen molar-refractivity contribution in [1.29, 1.82) is 0 Å². The van der Waals surface area contributed by atoms with Gasteiger partial charge in [-0.25, -0.2) is 0 Å². The van der Waals surface area contributed by atoms with E-state index in [0.717, 1.165) is 11.1 Å². The largest absolute Gasteiger partial charge is 0.396 e. The van der Waals surface area contributed by atoms with Crippen LogP contribution < -0.4 is 0 Å². The molecule has 1 aliphatic rings. The van der Waals surface area contributed by atoms with E-state index in [0.29, 0.717) is 22.9 Å². The second-order valence-corrected chi connectivity index (χ2v) is 8.67. The fourth-order valence-corrected chi connectivity index (χ4v) is 4.31. The van der Waals surface area contributed by atoms with Gasteiger partial charge < -0.3 is 25.5 Å². The zero-order valence-corrected chi connectivity index (χ0v) is 17.4. The van der Waals surface area contributed by atoms with E-state index in [9.17, 15) is 25.5 Å². The lowest BCUT2D eigenvalue weighted by Gasteiger charge is -2.43. The number of halogens is 1. The summed E-state index contributed by atoms with van der Waals surface area (Å²) in [6.07, 6.45) is -4.83. The monoisotopic (exact) mass is 420 g/mol. The quantitative estimate of drug-likeness (QED) is 0.510. The second-order valence-electron chi connectivity index (χ2n) is 8.26. The summed E-state index contributed by atoms with van der Waals surface area (Å²) in [6.45, 7) is 3.79. The predicted molar refractivity (Wildman–Crippen MR) is 112 cm³/mol. The maximum atomic E-state index is 10.6. The Labute approximate surface area is 176 Å². The molecule has 1 saturated carbocycles. The fraction of sp³-hybridized carbons (Fsp3) is 0.478. The third-order valence-electron chi connectivity index (χ3n) is 6.02. The van der Waals surface area contributed by atoms with Crippen molar-refractivity contribution in [1.82, 2.24) is 0 Å². The Hall–Kier alpha value is -1.47. The molecule has 0 saturated heterocycles. The van der Waals surface area contributed by atoms with Gasteiger partial charge >= 0.3 is 0 Å². The molecule has 1 fully saturated rings. The third kappa shape index (κ3) is 4.50. The van der Waals surface area contributed by atoms with Gasteiger partial charge in [-0.15, -0.1) is 0 Å². The molecule has 0 aliphatic heterocycles. The van der Waals surface area contributed by atoms with Crippen molar-refractivity contribution in [2.24, 2.45) is 5.92 Å². The van der Waals surface area contributed by atoms with Crippen molar-refractivity contribution < 1.29 is 25.5 Å². The molecule has 6 heteroatoms. The standard InChI is InChI=1S/C23H29ClO5/c1-12(2)14-5-3-13(4-6-14)9-16-10-15(7-8-18(16)24)19-20(26)17(11-25)21(27)23(29)22(19)28/h3-8,10,12,17,19-23,25-29H,9,11H2,1-2H3/t17-,19+,20-,21+,22-,23-/m0/s1. The molecule has 2 aromatic rings. The minimum Gasteiger partial charge on any atom is -0.396 e. The molecule has 6 atom stereocenters. The number of aliphatic hydroxyl groups excluding tert-OH is 5. The predicted octanol–water partition coefficient (Wildman–Crippen LogP) is 2.20. The van der Waals surface area contributed by atoms with E-state index < -0.39 is 42.9 Å². The smallest absolute Gasteiger partial charge is 0.107 e. The Balaban J connectivity index is 1.89. The molecule has 2 aromatic carbocycles. The van der Waals surface area contributed by atoms with Crippen LogP contribution in [0.5, 0.6) is 0 Å². The van der Waals surface area contributed by atoms with E-state index in [4.69, 9.17) is 11.6 Å². The molecule has 0 unspecified atom stereocenters. The van der Waals surface area contributed by atoms with Crippen LogP contribution in [0.1, 0.15) is 47.9 Å². The first kappa shape index (κ1) is 22.2. The molecule has 0 radical (unpaired) electrons. The van der Waals surface area contributed by atoms with Crippen molar-refractivity contribution in [2.75, 3.05) is 6.61 Å². The second kappa shape index (κ2) is 9.13. The Morgan fingerprint density at radius 2 is 1.52 bits per heavy atom. The van der Waals surface area contributed by atoms with Crippen LogP contribution in [0, 0.1) is 5.92 Å². The number of aliphatic hydroxyl groups is 5. The number of benzene rings is 2. The van der Waals surface area contributed by atoms with Gasteiger partial charge in [0, 0.05) is 16.9 Å². The summed E-state index contributed by atoms with van der Waals surface area (Å²) >= 11 is 6.39. The number of hydrogen-bond acceptors (Lipinski definition) is 5. The van der Waals surface area contributed by atoms with Crippen LogP contribution in [0.2, 0.25) is 5.02 Å². The van der Waals surface area contributed by atoms with Crippen molar-refractivity contribution >= 4 is 11.6 Å². The van der Waals surface area contributed by atoms with Crippen molar-refractivity contribution in [2.45, 2.75) is 56.5 Å². The topological polar surface area (TPSA) is 101 Å². The number of hydrogen-bond donors (Lipinski definition) is 5. The van der Waals surface area contributed by atoms with Crippen molar-refractivity contribution in [3.05, 3.63) is 69.7 Å². The summed E-state index contributed by atoms with van der Waals surface area (Å²) in [5.41, 5.74) is 3.78. The van der Waals surface area contributed by atoms with Crippen molar-refractivity contribution in [3.8, 4) is 0 Å². The highest BCUT2D eigenvalue weighted by Gasteiger charge is 2.48. The molecule has 158 valence electrons. The first-order chi connectivity index (χ1) is 13.7. The minimum atomic E-state index is -1.46. The fourth-order valence-electron chi connectivity index (χ4n) is 4.13. The zero-order chi connectivity index (χ0) is 21.3. The number of rotatable bonds is 5. The maximum absolute atomic E-state index is 10.6. The van der Waals surface area contributed by atoms with Crippen LogP contribution in [-0.2, 0) is 6.42 Å². The van der Waals surface area contributed by atoms with E-state index in [2.05, 4.69) is 38.1 Å². The molecule has 1 aliphatic carbocycles. The molecule has 0 spiro atoms. The molecule has 5 nitrogen and oxygen atoms in total. The summed E-state index contributed by atoms with van der Waals surface area (Å²) in [5, 5.41) is 51.5. The van der Waals surface area contributed by atoms with Gasteiger partial charge in [0.15, 0.2) is 0 Å². The van der Waals surface area contributed by atoms with E-state index >= 15 is 0 Å². The summed E-state index contributed by atoms with van der Waals surface area (Å²) in [6, 6.07) is 13.5. The Morgan fingerprint density at radius 3 is 2.10 bits per heavy atom. The highest BCUT2D eigenvalue weighted by Crippen LogP contribution is 2.38.